The summed E-state index contributed by atoms with van der Waals surface area (Å²) in [4.78, 5) is 18.4. The molecule has 0 radical (unpaired) electrons. The summed E-state index contributed by atoms with van der Waals surface area (Å²) >= 11 is 1.31. The van der Waals surface area contributed by atoms with Crippen molar-refractivity contribution in [1.82, 2.24) is 9.47 Å². The van der Waals surface area contributed by atoms with E-state index in [1.807, 2.05) is 6.92 Å². The normalized spacial score (nSPS) is 12.3. The van der Waals surface area contributed by atoms with Gasteiger partial charge >= 0.3 is 12.4 Å². The molecule has 0 saturated heterocycles. The van der Waals surface area contributed by atoms with Crippen molar-refractivity contribution in [1.29, 1.82) is 0 Å². The molecule has 0 unspecified atom stereocenters. The summed E-state index contributed by atoms with van der Waals surface area (Å²) < 4.78 is 42.0. The van der Waals surface area contributed by atoms with E-state index >= 15 is 0 Å². The van der Waals surface area contributed by atoms with Gasteiger partial charge in [0.25, 0.3) is 0 Å². The molecule has 9 heteroatoms. The molecule has 1 aromatic heterocycles. The van der Waals surface area contributed by atoms with Gasteiger partial charge in [-0.15, -0.1) is 24.5 Å². The van der Waals surface area contributed by atoms with Gasteiger partial charge in [-0.1, -0.05) is 0 Å². The predicted octanol–water partition coefficient (Wildman–Crippen LogP) is 3.33. The van der Waals surface area contributed by atoms with E-state index in [0.29, 0.717) is 10.5 Å². The first-order valence-corrected chi connectivity index (χ1v) is 7.28. The maximum absolute atomic E-state index is 12.2. The van der Waals surface area contributed by atoms with Crippen molar-refractivity contribution in [2.45, 2.75) is 13.3 Å². The zero-order chi connectivity index (χ0) is 17.2. The molecule has 23 heavy (non-hydrogen) atoms. The molecule has 0 bridgehead atoms. The van der Waals surface area contributed by atoms with E-state index in [0.717, 1.165) is 4.88 Å². The number of benzene rings is 1. The number of ether oxygens (including phenoxy) is 1. The number of urea groups is 1. The minimum absolute atomic E-state index is 0.309. The van der Waals surface area contributed by atoms with Crippen molar-refractivity contribution in [3.8, 4) is 11.4 Å². The first kappa shape index (κ1) is 17.1. The Kier molecular flexibility index (Phi) is 4.79. The molecule has 0 saturated carbocycles. The molecule has 0 atom stereocenters. The Morgan fingerprint density at radius 2 is 1.87 bits per heavy atom. The Balaban J connectivity index is 2.38. The van der Waals surface area contributed by atoms with Crippen LogP contribution < -0.4 is 9.54 Å². The third kappa shape index (κ3) is 4.59. The number of rotatable bonds is 2. The highest BCUT2D eigenvalue weighted by Gasteiger charge is 2.30. The lowest BCUT2D eigenvalue weighted by Crippen LogP contribution is -2.22. The Bertz CT molecular complexity index is 761. The molecule has 0 fully saturated rings. The highest BCUT2D eigenvalue weighted by molar-refractivity contribution is 7.09. The predicted molar refractivity (Wildman–Crippen MR) is 79.7 cm³/mol. The maximum Gasteiger partial charge on any atom is 0.573 e. The molecular formula is C14H14F3N3O2S. The third-order valence-electron chi connectivity index (χ3n) is 2.69. The molecular weight excluding hydrogens is 331 g/mol. The highest BCUT2D eigenvalue weighted by Crippen LogP contribution is 2.23. The standard InChI is InChI=1S/C14H14F3N3O2S/c1-9-8-20(13(23-9)18-12(21)19(2)3)10-4-6-11(7-5-10)22-14(15,16)17/h4-8H,1-3H3. The zero-order valence-corrected chi connectivity index (χ0v) is 13.4. The van der Waals surface area contributed by atoms with Crippen molar-refractivity contribution in [2.75, 3.05) is 14.1 Å². The van der Waals surface area contributed by atoms with Gasteiger partial charge in [-0.3, -0.25) is 4.57 Å². The van der Waals surface area contributed by atoms with E-state index in [1.165, 1.54) is 40.5 Å². The smallest absolute Gasteiger partial charge is 0.406 e. The average molecular weight is 345 g/mol. The monoisotopic (exact) mass is 345 g/mol. The molecule has 5 nitrogen and oxygen atoms in total. The third-order valence-corrected chi connectivity index (χ3v) is 3.59. The number of carbonyl (C=O) groups excluding carboxylic acids is 1. The molecule has 2 aromatic rings. The van der Waals surface area contributed by atoms with Crippen molar-refractivity contribution in [3.05, 3.63) is 40.1 Å². The van der Waals surface area contributed by atoms with Gasteiger partial charge in [0.1, 0.15) is 5.75 Å². The lowest BCUT2D eigenvalue weighted by Gasteiger charge is -2.10. The second kappa shape index (κ2) is 6.45. The van der Waals surface area contributed by atoms with Gasteiger partial charge in [-0.25, -0.2) is 4.79 Å². The highest BCUT2D eigenvalue weighted by atomic mass is 32.1. The Labute approximate surface area is 134 Å². The van der Waals surface area contributed by atoms with E-state index in [2.05, 4.69) is 9.73 Å². The van der Waals surface area contributed by atoms with Gasteiger partial charge < -0.3 is 9.64 Å². The van der Waals surface area contributed by atoms with Crippen LogP contribution in [0.5, 0.6) is 5.75 Å². The van der Waals surface area contributed by atoms with Crippen LogP contribution in [-0.2, 0) is 0 Å². The van der Waals surface area contributed by atoms with Crippen LogP contribution in [0.4, 0.5) is 18.0 Å². The SMILES string of the molecule is Cc1cn(-c2ccc(OC(F)(F)F)cc2)c(=NC(=O)N(C)C)s1. The Morgan fingerprint density at radius 1 is 1.26 bits per heavy atom. The van der Waals surface area contributed by atoms with E-state index in [4.69, 9.17) is 0 Å². The topological polar surface area (TPSA) is 46.8 Å². The van der Waals surface area contributed by atoms with Gasteiger partial charge in [0.2, 0.25) is 0 Å². The number of hydrogen-bond donors (Lipinski definition) is 0. The van der Waals surface area contributed by atoms with Crippen LogP contribution in [-0.4, -0.2) is 36.0 Å². The number of halogens is 3. The van der Waals surface area contributed by atoms with E-state index in [-0.39, 0.29) is 5.75 Å². The van der Waals surface area contributed by atoms with Crippen LogP contribution in [0.1, 0.15) is 4.88 Å². The van der Waals surface area contributed by atoms with Crippen LogP contribution in [0, 0.1) is 6.92 Å². The summed E-state index contributed by atoms with van der Waals surface area (Å²) in [5.41, 5.74) is 0.578. The second-order valence-corrected chi connectivity index (χ2v) is 6.04. The van der Waals surface area contributed by atoms with Crippen LogP contribution in [0.2, 0.25) is 0 Å². The van der Waals surface area contributed by atoms with Gasteiger partial charge in [-0.2, -0.15) is 4.99 Å². The van der Waals surface area contributed by atoms with Crippen LogP contribution in [0.25, 0.3) is 5.69 Å². The number of aryl methyl sites for hydroxylation is 1. The summed E-state index contributed by atoms with van der Waals surface area (Å²) in [6, 6.07) is 4.93. The lowest BCUT2D eigenvalue weighted by atomic mass is 10.3. The molecule has 2 amide bonds. The zero-order valence-electron chi connectivity index (χ0n) is 12.6. The molecule has 0 aliphatic heterocycles. The van der Waals surface area contributed by atoms with Crippen LogP contribution >= 0.6 is 11.3 Å². The number of carbonyl (C=O) groups is 1. The lowest BCUT2D eigenvalue weighted by molar-refractivity contribution is -0.274. The van der Waals surface area contributed by atoms with Crippen molar-refractivity contribution < 1.29 is 22.7 Å². The fraction of sp³-hybridized carbons (Fsp3) is 0.286. The fourth-order valence-corrected chi connectivity index (χ4v) is 2.53. The molecule has 1 aromatic carbocycles. The summed E-state index contributed by atoms with van der Waals surface area (Å²) in [5.74, 6) is -0.309. The number of aromatic nitrogens is 1. The molecule has 124 valence electrons. The van der Waals surface area contributed by atoms with Gasteiger partial charge in [-0.05, 0) is 31.2 Å². The minimum atomic E-state index is -4.73. The molecule has 0 spiro atoms. The number of hydrogen-bond acceptors (Lipinski definition) is 3. The van der Waals surface area contributed by atoms with E-state index < -0.39 is 12.4 Å². The molecule has 2 rings (SSSR count). The molecule has 0 N–H and O–H groups in total. The Hall–Kier alpha value is -2.29. The van der Waals surface area contributed by atoms with Gasteiger partial charge in [0, 0.05) is 30.9 Å². The summed E-state index contributed by atoms with van der Waals surface area (Å²) in [6.45, 7) is 1.85. The summed E-state index contributed by atoms with van der Waals surface area (Å²) in [6.07, 6.45) is -2.97. The number of thiazole rings is 1. The molecule has 0 aliphatic carbocycles. The quantitative estimate of drug-likeness (QED) is 0.838. The van der Waals surface area contributed by atoms with Crippen molar-refractivity contribution in [3.63, 3.8) is 0 Å². The summed E-state index contributed by atoms with van der Waals surface area (Å²) in [5, 5.41) is 0. The number of amides is 2. The minimum Gasteiger partial charge on any atom is -0.406 e. The van der Waals surface area contributed by atoms with Gasteiger partial charge in [0.15, 0.2) is 4.80 Å². The maximum atomic E-state index is 12.2. The first-order chi connectivity index (χ1) is 10.7. The van der Waals surface area contributed by atoms with Crippen LogP contribution in [0.15, 0.2) is 35.5 Å². The number of nitrogens with zero attached hydrogens (tertiary/aromatic N) is 3. The van der Waals surface area contributed by atoms with E-state index in [9.17, 15) is 18.0 Å². The van der Waals surface area contributed by atoms with Crippen molar-refractivity contribution >= 4 is 17.4 Å². The second-order valence-electron chi connectivity index (χ2n) is 4.82. The average Bonchev–Trinajstić information content (AvgIpc) is 2.78. The Morgan fingerprint density at radius 3 is 2.39 bits per heavy atom. The van der Waals surface area contributed by atoms with Gasteiger partial charge in [0.05, 0.1) is 0 Å². The fourth-order valence-electron chi connectivity index (χ4n) is 1.71. The molecule has 0 aliphatic rings. The first-order valence-electron chi connectivity index (χ1n) is 6.47. The number of alkyl halides is 3. The largest absolute Gasteiger partial charge is 0.573 e. The van der Waals surface area contributed by atoms with Crippen LogP contribution in [0.3, 0.4) is 0 Å². The van der Waals surface area contributed by atoms with E-state index in [1.54, 1.807) is 24.9 Å². The van der Waals surface area contributed by atoms with Crippen molar-refractivity contribution in [2.24, 2.45) is 4.99 Å². The molecule has 1 heterocycles. The summed E-state index contributed by atoms with van der Waals surface area (Å²) in [7, 11) is 3.17.